The molecule has 2 N–H and O–H groups in total. The maximum absolute atomic E-state index is 12.8. The van der Waals surface area contributed by atoms with Gasteiger partial charge in [-0.1, -0.05) is 54.2 Å². The highest BCUT2D eigenvalue weighted by atomic mass is 32.2. The number of rotatable bonds is 5. The van der Waals surface area contributed by atoms with Gasteiger partial charge in [-0.05, 0) is 24.6 Å². The second-order valence-corrected chi connectivity index (χ2v) is 7.01. The van der Waals surface area contributed by atoms with E-state index in [4.69, 9.17) is 0 Å². The van der Waals surface area contributed by atoms with Crippen LogP contribution >= 0.6 is 11.8 Å². The molecule has 144 valence electrons. The number of urea groups is 1. The molecular weight excluding hydrogens is 376 g/mol. The summed E-state index contributed by atoms with van der Waals surface area (Å²) in [5, 5.41) is 4.89. The van der Waals surface area contributed by atoms with Gasteiger partial charge < -0.3 is 5.32 Å². The third-order valence-electron chi connectivity index (χ3n) is 4.17. The van der Waals surface area contributed by atoms with Crippen LogP contribution in [0.4, 0.5) is 4.79 Å². The van der Waals surface area contributed by atoms with Gasteiger partial charge in [0.1, 0.15) is 5.25 Å². The average molecular weight is 396 g/mol. The van der Waals surface area contributed by atoms with Crippen molar-refractivity contribution in [1.29, 1.82) is 0 Å². The van der Waals surface area contributed by atoms with Gasteiger partial charge in [-0.25, -0.2) is 9.78 Å². The summed E-state index contributed by atoms with van der Waals surface area (Å²) in [6, 6.07) is 15.6. The van der Waals surface area contributed by atoms with Gasteiger partial charge >= 0.3 is 6.03 Å². The van der Waals surface area contributed by atoms with Crippen molar-refractivity contribution in [2.24, 2.45) is 0 Å². The van der Waals surface area contributed by atoms with Crippen molar-refractivity contribution >= 4 is 34.6 Å². The summed E-state index contributed by atoms with van der Waals surface area (Å²) in [6.45, 7) is 2.27. The maximum atomic E-state index is 12.8. The smallest absolute Gasteiger partial charge is 0.321 e. The summed E-state index contributed by atoms with van der Waals surface area (Å²) in [4.78, 5) is 41.8. The Bertz CT molecular complexity index is 1070. The van der Waals surface area contributed by atoms with Gasteiger partial charge in [0.2, 0.25) is 5.91 Å². The minimum absolute atomic E-state index is 0.158. The number of thioether (sulfide) groups is 1. The fourth-order valence-corrected chi connectivity index (χ4v) is 3.92. The molecule has 0 bridgehead atoms. The molecule has 8 heteroatoms. The van der Waals surface area contributed by atoms with E-state index in [1.807, 2.05) is 31.2 Å². The Labute approximate surface area is 166 Å². The highest BCUT2D eigenvalue weighted by Gasteiger charge is 2.26. The SMILES string of the molecule is CCn1c(S[C@H](C(=O)NC(=O)NC)c2ccccc2)nc2ccccc2c1=O. The summed E-state index contributed by atoms with van der Waals surface area (Å²) >= 11 is 1.14. The molecule has 0 aliphatic heterocycles. The summed E-state index contributed by atoms with van der Waals surface area (Å²) in [7, 11) is 1.44. The van der Waals surface area contributed by atoms with Crippen LogP contribution in [0.5, 0.6) is 0 Å². The van der Waals surface area contributed by atoms with Gasteiger partial charge in [0, 0.05) is 13.6 Å². The molecule has 0 unspecified atom stereocenters. The van der Waals surface area contributed by atoms with E-state index in [2.05, 4.69) is 15.6 Å². The molecule has 28 heavy (non-hydrogen) atoms. The number of imide groups is 1. The largest absolute Gasteiger partial charge is 0.341 e. The van der Waals surface area contributed by atoms with Crippen LogP contribution in [0.15, 0.2) is 64.5 Å². The molecule has 0 fully saturated rings. The van der Waals surface area contributed by atoms with Crippen molar-refractivity contribution in [2.75, 3.05) is 7.05 Å². The fourth-order valence-electron chi connectivity index (χ4n) is 2.76. The van der Waals surface area contributed by atoms with Crippen LogP contribution in [0.1, 0.15) is 17.7 Å². The Morgan fingerprint density at radius 1 is 1.11 bits per heavy atom. The number of carbonyl (C=O) groups is 2. The Balaban J connectivity index is 2.06. The molecule has 1 heterocycles. The zero-order chi connectivity index (χ0) is 20.1. The topological polar surface area (TPSA) is 93.1 Å². The van der Waals surface area contributed by atoms with Crippen molar-refractivity contribution in [2.45, 2.75) is 23.9 Å². The first-order chi connectivity index (χ1) is 13.5. The predicted molar refractivity (Wildman–Crippen MR) is 109 cm³/mol. The molecule has 3 rings (SSSR count). The Hall–Kier alpha value is -3.13. The van der Waals surface area contributed by atoms with Crippen molar-refractivity contribution in [3.8, 4) is 0 Å². The number of hydrogen-bond acceptors (Lipinski definition) is 5. The predicted octanol–water partition coefficient (Wildman–Crippen LogP) is 2.71. The first-order valence-corrected chi connectivity index (χ1v) is 9.66. The number of hydrogen-bond donors (Lipinski definition) is 2. The molecule has 1 atom stereocenters. The van der Waals surface area contributed by atoms with Crippen LogP contribution < -0.4 is 16.2 Å². The molecule has 0 aliphatic carbocycles. The van der Waals surface area contributed by atoms with Crippen molar-refractivity contribution in [1.82, 2.24) is 20.2 Å². The average Bonchev–Trinajstić information content (AvgIpc) is 2.72. The maximum Gasteiger partial charge on any atom is 0.321 e. The summed E-state index contributed by atoms with van der Waals surface area (Å²) in [5.41, 5.74) is 1.12. The van der Waals surface area contributed by atoms with E-state index in [1.54, 1.807) is 30.3 Å². The standard InChI is InChI=1S/C20H20N4O3S/c1-3-24-18(26)14-11-7-8-12-15(14)22-20(24)28-16(13-9-5-4-6-10-13)17(25)23-19(27)21-2/h4-12,16H,3H2,1-2H3,(H2,21,23,25,27)/t16-/m0/s1. The number of amides is 3. The monoisotopic (exact) mass is 396 g/mol. The molecule has 1 aromatic heterocycles. The molecule has 3 aromatic rings. The number of nitrogens with zero attached hydrogens (tertiary/aromatic N) is 2. The van der Waals surface area contributed by atoms with Gasteiger partial charge in [-0.15, -0.1) is 0 Å². The molecule has 3 amide bonds. The minimum Gasteiger partial charge on any atom is -0.341 e. The lowest BCUT2D eigenvalue weighted by atomic mass is 10.1. The molecule has 0 radical (unpaired) electrons. The van der Waals surface area contributed by atoms with E-state index < -0.39 is 17.2 Å². The molecule has 0 aliphatic rings. The van der Waals surface area contributed by atoms with Crippen molar-refractivity contribution in [3.05, 3.63) is 70.5 Å². The highest BCUT2D eigenvalue weighted by Crippen LogP contribution is 2.34. The zero-order valence-electron chi connectivity index (χ0n) is 15.5. The number of fused-ring (bicyclic) bond motifs is 1. The molecule has 0 saturated heterocycles. The molecular formula is C20H20N4O3S. The Morgan fingerprint density at radius 3 is 2.46 bits per heavy atom. The number of benzene rings is 2. The van der Waals surface area contributed by atoms with E-state index in [1.165, 1.54) is 11.6 Å². The number of aromatic nitrogens is 2. The summed E-state index contributed by atoms with van der Waals surface area (Å²) in [6.07, 6.45) is 0. The third kappa shape index (κ3) is 4.07. The van der Waals surface area contributed by atoms with E-state index in [-0.39, 0.29) is 5.56 Å². The quantitative estimate of drug-likeness (QED) is 0.511. The Morgan fingerprint density at radius 2 is 1.79 bits per heavy atom. The lowest BCUT2D eigenvalue weighted by molar-refractivity contribution is -0.119. The molecule has 0 spiro atoms. The van der Waals surface area contributed by atoms with Gasteiger partial charge in [0.05, 0.1) is 10.9 Å². The number of carbonyl (C=O) groups excluding carboxylic acids is 2. The second-order valence-electron chi connectivity index (χ2n) is 5.94. The number of nitrogens with one attached hydrogen (secondary N) is 2. The van der Waals surface area contributed by atoms with Gasteiger partial charge in [-0.3, -0.25) is 19.5 Å². The lowest BCUT2D eigenvalue weighted by Gasteiger charge is -2.18. The van der Waals surface area contributed by atoms with Gasteiger partial charge in [0.25, 0.3) is 5.56 Å². The molecule has 2 aromatic carbocycles. The second kappa shape index (κ2) is 8.71. The van der Waals surface area contributed by atoms with E-state index >= 15 is 0 Å². The fraction of sp³-hybridized carbons (Fsp3) is 0.200. The Kier molecular flexibility index (Phi) is 6.10. The van der Waals surface area contributed by atoms with Gasteiger partial charge in [0.15, 0.2) is 5.16 Å². The van der Waals surface area contributed by atoms with Crippen LogP contribution in [-0.4, -0.2) is 28.5 Å². The van der Waals surface area contributed by atoms with E-state index in [0.29, 0.717) is 28.2 Å². The third-order valence-corrected chi connectivity index (χ3v) is 5.41. The van der Waals surface area contributed by atoms with Crippen LogP contribution in [0.2, 0.25) is 0 Å². The van der Waals surface area contributed by atoms with Crippen LogP contribution in [0.3, 0.4) is 0 Å². The minimum atomic E-state index is -0.746. The molecule has 0 saturated carbocycles. The number of para-hydroxylation sites is 1. The normalized spacial score (nSPS) is 11.8. The van der Waals surface area contributed by atoms with Crippen LogP contribution in [0.25, 0.3) is 10.9 Å². The summed E-state index contributed by atoms with van der Waals surface area (Å²) < 4.78 is 1.54. The first kappa shape index (κ1) is 19.6. The van der Waals surface area contributed by atoms with E-state index in [9.17, 15) is 14.4 Å². The summed E-state index contributed by atoms with van der Waals surface area (Å²) in [5.74, 6) is -0.486. The van der Waals surface area contributed by atoms with Crippen molar-refractivity contribution < 1.29 is 9.59 Å². The van der Waals surface area contributed by atoms with Gasteiger partial charge in [-0.2, -0.15) is 0 Å². The van der Waals surface area contributed by atoms with Crippen molar-refractivity contribution in [3.63, 3.8) is 0 Å². The lowest BCUT2D eigenvalue weighted by Crippen LogP contribution is -2.39. The first-order valence-electron chi connectivity index (χ1n) is 8.79. The van der Waals surface area contributed by atoms with Crippen LogP contribution in [-0.2, 0) is 11.3 Å². The molecule has 7 nitrogen and oxygen atoms in total. The zero-order valence-corrected chi connectivity index (χ0v) is 16.3. The van der Waals surface area contributed by atoms with E-state index in [0.717, 1.165) is 11.8 Å². The van der Waals surface area contributed by atoms with Crippen LogP contribution in [0, 0.1) is 0 Å². The highest BCUT2D eigenvalue weighted by molar-refractivity contribution is 8.00.